The molecule has 7 nitrogen and oxygen atoms in total. The quantitative estimate of drug-likeness (QED) is 0.754. The molecule has 0 bridgehead atoms. The number of rotatable bonds is 8. The summed E-state index contributed by atoms with van der Waals surface area (Å²) in [7, 11) is 0. The number of hydrogen-bond donors (Lipinski definition) is 2. The molecule has 0 aliphatic carbocycles. The second kappa shape index (κ2) is 9.12. The predicted octanol–water partition coefficient (Wildman–Crippen LogP) is 1.56. The molecule has 1 aliphatic heterocycles. The van der Waals surface area contributed by atoms with Gasteiger partial charge >= 0.3 is 12.1 Å². The van der Waals surface area contributed by atoms with Crippen LogP contribution in [0.5, 0.6) is 0 Å². The monoisotopic (exact) mass is 323 g/mol. The van der Waals surface area contributed by atoms with Crippen molar-refractivity contribution in [2.24, 2.45) is 0 Å². The highest BCUT2D eigenvalue weighted by atomic mass is 16.6. The highest BCUT2D eigenvalue weighted by molar-refractivity contribution is 5.79. The lowest BCUT2D eigenvalue weighted by molar-refractivity contribution is -0.140. The molecule has 1 heterocycles. The molecule has 7 heteroatoms. The van der Waals surface area contributed by atoms with Gasteiger partial charge in [0, 0.05) is 19.6 Å². The van der Waals surface area contributed by atoms with Crippen LogP contribution in [0.15, 0.2) is 30.3 Å². The lowest BCUT2D eigenvalue weighted by atomic mass is 10.2. The van der Waals surface area contributed by atoms with E-state index in [1.807, 2.05) is 30.3 Å². The number of carbonyl (C=O) groups is 2. The standard InChI is InChI=1S/C16H21NO6/c18-15(19)14(7-9-22-13-6-8-21-11-13)17-16(20)23-10-12-4-2-1-3-5-12/h1-5,13-14H,6-11H2,(H,17,20)(H,18,19). The molecule has 126 valence electrons. The Kier molecular flexibility index (Phi) is 6.83. The van der Waals surface area contributed by atoms with E-state index in [4.69, 9.17) is 19.3 Å². The smallest absolute Gasteiger partial charge is 0.408 e. The Morgan fingerprint density at radius 2 is 2.13 bits per heavy atom. The van der Waals surface area contributed by atoms with Gasteiger partial charge in [0.05, 0.1) is 12.7 Å². The van der Waals surface area contributed by atoms with E-state index in [1.54, 1.807) is 0 Å². The van der Waals surface area contributed by atoms with E-state index in [-0.39, 0.29) is 25.7 Å². The molecule has 1 fully saturated rings. The first-order valence-electron chi connectivity index (χ1n) is 7.54. The second-order valence-corrected chi connectivity index (χ2v) is 5.24. The van der Waals surface area contributed by atoms with Crippen molar-refractivity contribution in [2.45, 2.75) is 31.6 Å². The van der Waals surface area contributed by atoms with E-state index in [9.17, 15) is 9.59 Å². The molecular formula is C16H21NO6. The third-order valence-corrected chi connectivity index (χ3v) is 3.45. The van der Waals surface area contributed by atoms with Gasteiger partial charge in [0.2, 0.25) is 0 Å². The van der Waals surface area contributed by atoms with Gasteiger partial charge in [-0.05, 0) is 12.0 Å². The summed E-state index contributed by atoms with van der Waals surface area (Å²) in [6, 6.07) is 8.13. The molecule has 0 saturated carbocycles. The minimum atomic E-state index is -1.12. The van der Waals surface area contributed by atoms with Crippen LogP contribution in [0.2, 0.25) is 0 Å². The van der Waals surface area contributed by atoms with Gasteiger partial charge in [0.25, 0.3) is 0 Å². The number of carboxylic acids is 1. The Hall–Kier alpha value is -2.12. The Balaban J connectivity index is 1.69. The fraction of sp³-hybridized carbons (Fsp3) is 0.500. The number of ether oxygens (including phenoxy) is 3. The third kappa shape index (κ3) is 6.25. The summed E-state index contributed by atoms with van der Waals surface area (Å²) >= 11 is 0. The summed E-state index contributed by atoms with van der Waals surface area (Å²) in [5.41, 5.74) is 0.832. The van der Waals surface area contributed by atoms with Gasteiger partial charge in [-0.15, -0.1) is 0 Å². The average molecular weight is 323 g/mol. The molecule has 2 N–H and O–H groups in total. The van der Waals surface area contributed by atoms with Crippen LogP contribution < -0.4 is 5.32 Å². The van der Waals surface area contributed by atoms with Crippen LogP contribution in [0.1, 0.15) is 18.4 Å². The largest absolute Gasteiger partial charge is 0.480 e. The van der Waals surface area contributed by atoms with Gasteiger partial charge in [-0.25, -0.2) is 9.59 Å². The van der Waals surface area contributed by atoms with Crippen LogP contribution in [0, 0.1) is 0 Å². The third-order valence-electron chi connectivity index (χ3n) is 3.45. The van der Waals surface area contributed by atoms with Crippen molar-refractivity contribution in [1.29, 1.82) is 0 Å². The summed E-state index contributed by atoms with van der Waals surface area (Å²) in [5, 5.41) is 11.5. The average Bonchev–Trinajstić information content (AvgIpc) is 3.06. The minimum absolute atomic E-state index is 0.00878. The summed E-state index contributed by atoms with van der Waals surface area (Å²) in [6.07, 6.45) is 0.233. The maximum absolute atomic E-state index is 11.7. The lowest BCUT2D eigenvalue weighted by Gasteiger charge is -2.16. The molecule has 1 amide bonds. The Labute approximate surface area is 134 Å². The molecule has 2 rings (SSSR count). The molecule has 1 saturated heterocycles. The van der Waals surface area contributed by atoms with Crippen LogP contribution in [0.4, 0.5) is 4.79 Å². The van der Waals surface area contributed by atoms with Crippen molar-refractivity contribution in [3.8, 4) is 0 Å². The molecule has 0 radical (unpaired) electrons. The SMILES string of the molecule is O=C(NC(CCOC1CCOC1)C(=O)O)OCc1ccccc1. The fourth-order valence-electron chi connectivity index (χ4n) is 2.16. The number of carbonyl (C=O) groups excluding carboxylic acids is 1. The number of aliphatic carboxylic acids is 1. The van der Waals surface area contributed by atoms with Crippen molar-refractivity contribution >= 4 is 12.1 Å². The zero-order chi connectivity index (χ0) is 16.5. The van der Waals surface area contributed by atoms with Crippen LogP contribution in [0.3, 0.4) is 0 Å². The zero-order valence-electron chi connectivity index (χ0n) is 12.8. The molecule has 2 atom stereocenters. The molecular weight excluding hydrogens is 302 g/mol. The first-order valence-corrected chi connectivity index (χ1v) is 7.54. The van der Waals surface area contributed by atoms with Crippen LogP contribution in [-0.2, 0) is 25.6 Å². The molecule has 2 unspecified atom stereocenters. The van der Waals surface area contributed by atoms with Gasteiger partial charge in [-0.1, -0.05) is 30.3 Å². The number of carboxylic acid groups (broad SMARTS) is 1. The van der Waals surface area contributed by atoms with Crippen molar-refractivity contribution in [1.82, 2.24) is 5.32 Å². The molecule has 23 heavy (non-hydrogen) atoms. The number of nitrogens with one attached hydrogen (secondary N) is 1. The molecule has 1 aromatic carbocycles. The second-order valence-electron chi connectivity index (χ2n) is 5.24. The van der Waals surface area contributed by atoms with Crippen molar-refractivity contribution in [3.63, 3.8) is 0 Å². The first-order chi connectivity index (χ1) is 11.1. The van der Waals surface area contributed by atoms with Crippen molar-refractivity contribution in [2.75, 3.05) is 19.8 Å². The number of alkyl carbamates (subject to hydrolysis) is 1. The van der Waals surface area contributed by atoms with Crippen molar-refractivity contribution < 1.29 is 28.9 Å². The summed E-state index contributed by atoms with van der Waals surface area (Å²) in [5.74, 6) is -1.12. The van der Waals surface area contributed by atoms with Gasteiger partial charge in [0.15, 0.2) is 0 Å². The highest BCUT2D eigenvalue weighted by Gasteiger charge is 2.22. The Bertz CT molecular complexity index is 501. The van der Waals surface area contributed by atoms with Crippen molar-refractivity contribution in [3.05, 3.63) is 35.9 Å². The van der Waals surface area contributed by atoms with Crippen LogP contribution in [0.25, 0.3) is 0 Å². The van der Waals surface area contributed by atoms with Gasteiger partial charge in [-0.2, -0.15) is 0 Å². The maximum atomic E-state index is 11.7. The minimum Gasteiger partial charge on any atom is -0.480 e. The van der Waals surface area contributed by atoms with Crippen LogP contribution >= 0.6 is 0 Å². The number of hydrogen-bond acceptors (Lipinski definition) is 5. The summed E-state index contributed by atoms with van der Waals surface area (Å²) in [4.78, 5) is 22.9. The maximum Gasteiger partial charge on any atom is 0.408 e. The molecule has 0 spiro atoms. The zero-order valence-corrected chi connectivity index (χ0v) is 12.8. The Morgan fingerprint density at radius 3 is 2.78 bits per heavy atom. The summed E-state index contributed by atoms with van der Waals surface area (Å²) < 4.78 is 15.7. The predicted molar refractivity (Wildman–Crippen MR) is 81.0 cm³/mol. The molecule has 1 aliphatic rings. The van der Waals surface area contributed by atoms with E-state index < -0.39 is 18.1 Å². The Morgan fingerprint density at radius 1 is 1.35 bits per heavy atom. The van der Waals surface area contributed by atoms with E-state index in [1.165, 1.54) is 0 Å². The normalized spacial score (nSPS) is 18.3. The highest BCUT2D eigenvalue weighted by Crippen LogP contribution is 2.09. The lowest BCUT2D eigenvalue weighted by Crippen LogP contribution is -2.42. The molecule has 1 aromatic rings. The van der Waals surface area contributed by atoms with Gasteiger partial charge in [0.1, 0.15) is 12.6 Å². The molecule has 0 aromatic heterocycles. The van der Waals surface area contributed by atoms with E-state index in [0.717, 1.165) is 12.0 Å². The van der Waals surface area contributed by atoms with E-state index >= 15 is 0 Å². The van der Waals surface area contributed by atoms with E-state index in [0.29, 0.717) is 13.2 Å². The van der Waals surface area contributed by atoms with Gasteiger partial charge < -0.3 is 24.6 Å². The van der Waals surface area contributed by atoms with Gasteiger partial charge in [-0.3, -0.25) is 0 Å². The van der Waals surface area contributed by atoms with Crippen LogP contribution in [-0.4, -0.2) is 49.1 Å². The first kappa shape index (κ1) is 17.2. The topological polar surface area (TPSA) is 94.1 Å². The number of benzene rings is 1. The van der Waals surface area contributed by atoms with E-state index in [2.05, 4.69) is 5.32 Å². The fourth-order valence-corrected chi connectivity index (χ4v) is 2.16. The summed E-state index contributed by atoms with van der Waals surface area (Å²) in [6.45, 7) is 1.53. The number of amides is 1.